The fraction of sp³-hybridized carbons (Fsp3) is 0.417. The Morgan fingerprint density at radius 3 is 2.88 bits per heavy atom. The molecule has 0 aromatic heterocycles. The lowest BCUT2D eigenvalue weighted by Gasteiger charge is -2.17. The standard InChI is InChI=1S/C12H12BrCl2NO/c13-11-5-9(15)1-2-10(11)12(17)16-4-3-8(6-14)7-16/h1-2,5,8H,3-4,6-7H2. The molecule has 1 amide bonds. The number of benzene rings is 1. The molecule has 2 rings (SSSR count). The van der Waals surface area contributed by atoms with E-state index >= 15 is 0 Å². The maximum Gasteiger partial charge on any atom is 0.255 e. The highest BCUT2D eigenvalue weighted by molar-refractivity contribution is 9.10. The summed E-state index contributed by atoms with van der Waals surface area (Å²) in [5.74, 6) is 1.08. The number of likely N-dealkylation sites (tertiary alicyclic amines) is 1. The van der Waals surface area contributed by atoms with Crippen molar-refractivity contribution in [2.75, 3.05) is 19.0 Å². The summed E-state index contributed by atoms with van der Waals surface area (Å²) in [5, 5.41) is 0.619. The second kappa shape index (κ2) is 5.59. The Hall–Kier alpha value is -0.250. The summed E-state index contributed by atoms with van der Waals surface area (Å²) >= 11 is 15.0. The summed E-state index contributed by atoms with van der Waals surface area (Å²) in [6.07, 6.45) is 0.987. The number of alkyl halides is 1. The number of halogens is 3. The lowest BCUT2D eigenvalue weighted by atomic mass is 10.1. The Bertz CT molecular complexity index is 439. The number of carbonyl (C=O) groups excluding carboxylic acids is 1. The Kier molecular flexibility index (Phi) is 4.34. The number of hydrogen-bond donors (Lipinski definition) is 0. The van der Waals surface area contributed by atoms with Crippen molar-refractivity contribution in [3.8, 4) is 0 Å². The zero-order valence-electron chi connectivity index (χ0n) is 9.13. The summed E-state index contributed by atoms with van der Waals surface area (Å²) < 4.78 is 0.740. The molecule has 1 aliphatic heterocycles. The molecule has 0 spiro atoms. The van der Waals surface area contributed by atoms with Crippen molar-refractivity contribution >= 4 is 45.0 Å². The van der Waals surface area contributed by atoms with Crippen LogP contribution in [0.3, 0.4) is 0 Å². The monoisotopic (exact) mass is 335 g/mol. The highest BCUT2D eigenvalue weighted by Gasteiger charge is 2.27. The van der Waals surface area contributed by atoms with E-state index in [2.05, 4.69) is 15.9 Å². The van der Waals surface area contributed by atoms with Crippen LogP contribution in [0.4, 0.5) is 0 Å². The van der Waals surface area contributed by atoms with Crippen LogP contribution in [0.15, 0.2) is 22.7 Å². The van der Waals surface area contributed by atoms with Crippen molar-refractivity contribution in [3.63, 3.8) is 0 Å². The molecule has 2 nitrogen and oxygen atoms in total. The zero-order valence-corrected chi connectivity index (χ0v) is 12.2. The van der Waals surface area contributed by atoms with Crippen molar-refractivity contribution in [3.05, 3.63) is 33.3 Å². The van der Waals surface area contributed by atoms with E-state index in [4.69, 9.17) is 23.2 Å². The van der Waals surface area contributed by atoms with E-state index in [-0.39, 0.29) is 5.91 Å². The molecule has 0 radical (unpaired) electrons. The van der Waals surface area contributed by atoms with Crippen molar-refractivity contribution in [1.29, 1.82) is 0 Å². The van der Waals surface area contributed by atoms with E-state index in [1.165, 1.54) is 0 Å². The Morgan fingerprint density at radius 1 is 1.53 bits per heavy atom. The van der Waals surface area contributed by atoms with E-state index in [1.54, 1.807) is 18.2 Å². The third-order valence-corrected chi connectivity index (χ3v) is 4.28. The third-order valence-electron chi connectivity index (χ3n) is 2.95. The molecule has 92 valence electrons. The first-order valence-electron chi connectivity index (χ1n) is 5.42. The van der Waals surface area contributed by atoms with E-state index in [9.17, 15) is 4.79 Å². The van der Waals surface area contributed by atoms with Gasteiger partial charge in [0.25, 0.3) is 5.91 Å². The smallest absolute Gasteiger partial charge is 0.255 e. The zero-order chi connectivity index (χ0) is 12.4. The van der Waals surface area contributed by atoms with Gasteiger partial charge in [0, 0.05) is 28.5 Å². The lowest BCUT2D eigenvalue weighted by molar-refractivity contribution is 0.0787. The first kappa shape index (κ1) is 13.2. The van der Waals surface area contributed by atoms with Gasteiger partial charge < -0.3 is 4.90 Å². The number of carbonyl (C=O) groups is 1. The fourth-order valence-corrected chi connectivity index (χ4v) is 3.08. The minimum absolute atomic E-state index is 0.0427. The number of hydrogen-bond acceptors (Lipinski definition) is 1. The molecular weight excluding hydrogens is 325 g/mol. The normalized spacial score (nSPS) is 19.7. The van der Waals surface area contributed by atoms with E-state index in [1.807, 2.05) is 4.90 Å². The van der Waals surface area contributed by atoms with Crippen LogP contribution in [0.2, 0.25) is 5.02 Å². The molecule has 17 heavy (non-hydrogen) atoms. The molecule has 1 fully saturated rings. The van der Waals surface area contributed by atoms with Crippen molar-refractivity contribution in [2.24, 2.45) is 5.92 Å². The number of nitrogens with zero attached hydrogens (tertiary/aromatic N) is 1. The summed E-state index contributed by atoms with van der Waals surface area (Å²) in [5.41, 5.74) is 0.657. The quantitative estimate of drug-likeness (QED) is 0.752. The van der Waals surface area contributed by atoms with Gasteiger partial charge in [-0.1, -0.05) is 11.6 Å². The minimum Gasteiger partial charge on any atom is -0.338 e. The average Bonchev–Trinajstić information content (AvgIpc) is 2.76. The first-order chi connectivity index (χ1) is 8.11. The molecule has 1 unspecified atom stereocenters. The van der Waals surface area contributed by atoms with Gasteiger partial charge in [-0.2, -0.15) is 0 Å². The fourth-order valence-electron chi connectivity index (χ4n) is 1.98. The summed E-state index contributed by atoms with van der Waals surface area (Å²) in [6.45, 7) is 1.53. The lowest BCUT2D eigenvalue weighted by Crippen LogP contribution is -2.29. The molecule has 1 aromatic carbocycles. The number of rotatable bonds is 2. The molecule has 5 heteroatoms. The van der Waals surface area contributed by atoms with Crippen molar-refractivity contribution < 1.29 is 4.79 Å². The van der Waals surface area contributed by atoms with Gasteiger partial charge in [0.2, 0.25) is 0 Å². The van der Waals surface area contributed by atoms with Gasteiger partial charge >= 0.3 is 0 Å². The van der Waals surface area contributed by atoms with Crippen LogP contribution in [0.5, 0.6) is 0 Å². The molecule has 1 aliphatic rings. The summed E-state index contributed by atoms with van der Waals surface area (Å²) in [4.78, 5) is 14.1. The van der Waals surface area contributed by atoms with Gasteiger partial charge in [-0.05, 0) is 46.5 Å². The maximum atomic E-state index is 12.3. The highest BCUT2D eigenvalue weighted by atomic mass is 79.9. The average molecular weight is 337 g/mol. The van der Waals surface area contributed by atoms with Gasteiger partial charge in [-0.25, -0.2) is 0 Å². The Morgan fingerprint density at radius 2 is 2.29 bits per heavy atom. The van der Waals surface area contributed by atoms with Crippen molar-refractivity contribution in [2.45, 2.75) is 6.42 Å². The van der Waals surface area contributed by atoms with E-state index in [0.29, 0.717) is 22.4 Å². The molecule has 0 N–H and O–H groups in total. The first-order valence-corrected chi connectivity index (χ1v) is 7.12. The third kappa shape index (κ3) is 2.95. The van der Waals surface area contributed by atoms with Gasteiger partial charge in [-0.3, -0.25) is 4.79 Å². The predicted octanol–water partition coefficient (Wildman–Crippen LogP) is 3.80. The van der Waals surface area contributed by atoms with Crippen LogP contribution < -0.4 is 0 Å². The van der Waals surface area contributed by atoms with Crippen LogP contribution in [0.25, 0.3) is 0 Å². The minimum atomic E-state index is 0.0427. The Labute approximate surface area is 119 Å². The molecular formula is C12H12BrCl2NO. The SMILES string of the molecule is O=C(c1ccc(Cl)cc1Br)N1CCC(CCl)C1. The second-order valence-corrected chi connectivity index (χ2v) is 5.78. The summed E-state index contributed by atoms with van der Waals surface area (Å²) in [6, 6.07) is 5.22. The molecule has 1 aromatic rings. The van der Waals surface area contributed by atoms with Gasteiger partial charge in [0.1, 0.15) is 0 Å². The molecule has 1 atom stereocenters. The van der Waals surface area contributed by atoms with Crippen LogP contribution in [0, 0.1) is 5.92 Å². The van der Waals surface area contributed by atoms with Crippen LogP contribution in [0.1, 0.15) is 16.8 Å². The van der Waals surface area contributed by atoms with Gasteiger partial charge in [0.05, 0.1) is 5.56 Å². The van der Waals surface area contributed by atoms with E-state index in [0.717, 1.165) is 24.0 Å². The molecule has 1 saturated heterocycles. The second-order valence-electron chi connectivity index (χ2n) is 4.18. The Balaban J connectivity index is 2.15. The predicted molar refractivity (Wildman–Crippen MR) is 73.9 cm³/mol. The topological polar surface area (TPSA) is 20.3 Å². The molecule has 0 saturated carbocycles. The molecule has 0 bridgehead atoms. The summed E-state index contributed by atoms with van der Waals surface area (Å²) in [7, 11) is 0. The molecule has 0 aliphatic carbocycles. The highest BCUT2D eigenvalue weighted by Crippen LogP contribution is 2.25. The van der Waals surface area contributed by atoms with Gasteiger partial charge in [-0.15, -0.1) is 11.6 Å². The largest absolute Gasteiger partial charge is 0.338 e. The van der Waals surface area contributed by atoms with Crippen molar-refractivity contribution in [1.82, 2.24) is 4.90 Å². The van der Waals surface area contributed by atoms with Crippen LogP contribution in [-0.2, 0) is 0 Å². The van der Waals surface area contributed by atoms with Gasteiger partial charge in [0.15, 0.2) is 0 Å². The van der Waals surface area contributed by atoms with Crippen LogP contribution in [-0.4, -0.2) is 29.8 Å². The number of amides is 1. The molecule has 1 heterocycles. The van der Waals surface area contributed by atoms with Crippen LogP contribution >= 0.6 is 39.1 Å². The maximum absolute atomic E-state index is 12.3. The van der Waals surface area contributed by atoms with E-state index < -0.39 is 0 Å².